The van der Waals surface area contributed by atoms with Crippen LogP contribution in [-0.2, 0) is 0 Å². The molecule has 0 aliphatic carbocycles. The standard InChI is InChI=1S/C9H10ClF/c1-5-4-8(11)9(10)7(3)6(5)2/h4H,1-3H3. The number of benzene rings is 1. The molecule has 0 aromatic heterocycles. The first-order valence-corrected chi connectivity index (χ1v) is 3.83. The summed E-state index contributed by atoms with van der Waals surface area (Å²) in [6.07, 6.45) is 0. The number of hydrogen-bond donors (Lipinski definition) is 0. The second-order valence-electron chi connectivity index (χ2n) is 2.74. The molecule has 1 aromatic rings. The Kier molecular flexibility index (Phi) is 2.19. The normalized spacial score (nSPS) is 10.3. The van der Waals surface area contributed by atoms with Gasteiger partial charge in [-0.15, -0.1) is 0 Å². The summed E-state index contributed by atoms with van der Waals surface area (Å²) in [5, 5.41) is 0.244. The highest BCUT2D eigenvalue weighted by Crippen LogP contribution is 2.24. The Balaban J connectivity index is 3.46. The molecule has 0 spiro atoms. The first kappa shape index (κ1) is 8.54. The molecule has 2 heteroatoms. The summed E-state index contributed by atoms with van der Waals surface area (Å²) in [5.41, 5.74) is 2.85. The molecule has 0 heterocycles. The van der Waals surface area contributed by atoms with E-state index in [1.165, 1.54) is 6.07 Å². The summed E-state index contributed by atoms with van der Waals surface area (Å²) in [7, 11) is 0. The Morgan fingerprint density at radius 3 is 2.27 bits per heavy atom. The SMILES string of the molecule is Cc1cc(F)c(Cl)c(C)c1C. The fraction of sp³-hybridized carbons (Fsp3) is 0.333. The van der Waals surface area contributed by atoms with Crippen LogP contribution in [0.25, 0.3) is 0 Å². The van der Waals surface area contributed by atoms with E-state index in [4.69, 9.17) is 11.6 Å². The van der Waals surface area contributed by atoms with Crippen LogP contribution in [0.3, 0.4) is 0 Å². The molecule has 1 aromatic carbocycles. The Labute approximate surface area is 71.0 Å². The molecule has 0 unspecified atom stereocenters. The zero-order valence-electron chi connectivity index (χ0n) is 6.83. The monoisotopic (exact) mass is 172 g/mol. The minimum absolute atomic E-state index is 0.244. The van der Waals surface area contributed by atoms with Gasteiger partial charge in [-0.2, -0.15) is 0 Å². The third kappa shape index (κ3) is 1.38. The molecular weight excluding hydrogens is 163 g/mol. The van der Waals surface area contributed by atoms with Crippen LogP contribution >= 0.6 is 11.6 Å². The van der Waals surface area contributed by atoms with E-state index in [2.05, 4.69) is 0 Å². The predicted molar refractivity (Wildman–Crippen MR) is 45.6 cm³/mol. The van der Waals surface area contributed by atoms with Crippen LogP contribution < -0.4 is 0 Å². The number of halogens is 2. The molecule has 1 rings (SSSR count). The highest BCUT2D eigenvalue weighted by molar-refractivity contribution is 6.31. The van der Waals surface area contributed by atoms with Gasteiger partial charge in [-0.3, -0.25) is 0 Å². The van der Waals surface area contributed by atoms with Crippen LogP contribution in [0.1, 0.15) is 16.7 Å². The Morgan fingerprint density at radius 1 is 1.18 bits per heavy atom. The Morgan fingerprint density at radius 2 is 1.73 bits per heavy atom. The Bertz CT molecular complexity index is 266. The number of aryl methyl sites for hydroxylation is 1. The maximum atomic E-state index is 12.9. The van der Waals surface area contributed by atoms with E-state index in [1.807, 2.05) is 20.8 Å². The van der Waals surface area contributed by atoms with E-state index in [0.29, 0.717) is 0 Å². The zero-order valence-corrected chi connectivity index (χ0v) is 7.59. The van der Waals surface area contributed by atoms with Gasteiger partial charge in [-0.1, -0.05) is 11.6 Å². The maximum absolute atomic E-state index is 12.9. The topological polar surface area (TPSA) is 0 Å². The maximum Gasteiger partial charge on any atom is 0.142 e. The molecule has 0 radical (unpaired) electrons. The van der Waals surface area contributed by atoms with E-state index < -0.39 is 0 Å². The first-order chi connectivity index (χ1) is 5.04. The number of rotatable bonds is 0. The van der Waals surface area contributed by atoms with Crippen molar-refractivity contribution in [3.05, 3.63) is 33.6 Å². The molecule has 0 nitrogen and oxygen atoms in total. The number of hydrogen-bond acceptors (Lipinski definition) is 0. The molecule has 0 amide bonds. The van der Waals surface area contributed by atoms with Crippen molar-refractivity contribution in [1.29, 1.82) is 0 Å². The van der Waals surface area contributed by atoms with Crippen LogP contribution in [0, 0.1) is 26.6 Å². The lowest BCUT2D eigenvalue weighted by Crippen LogP contribution is -1.90. The van der Waals surface area contributed by atoms with Gasteiger partial charge < -0.3 is 0 Å². The lowest BCUT2D eigenvalue weighted by Gasteiger charge is -2.06. The van der Waals surface area contributed by atoms with E-state index in [1.54, 1.807) is 0 Å². The van der Waals surface area contributed by atoms with Crippen molar-refractivity contribution in [3.8, 4) is 0 Å². The van der Waals surface area contributed by atoms with Gasteiger partial charge in [0.15, 0.2) is 0 Å². The average molecular weight is 173 g/mol. The van der Waals surface area contributed by atoms with Gasteiger partial charge in [0.25, 0.3) is 0 Å². The lowest BCUT2D eigenvalue weighted by atomic mass is 10.0. The fourth-order valence-electron chi connectivity index (χ4n) is 1.00. The van der Waals surface area contributed by atoms with Gasteiger partial charge in [-0.05, 0) is 43.5 Å². The highest BCUT2D eigenvalue weighted by atomic mass is 35.5. The van der Waals surface area contributed by atoms with Gasteiger partial charge in [0.2, 0.25) is 0 Å². The van der Waals surface area contributed by atoms with Crippen LogP contribution in [0.15, 0.2) is 6.07 Å². The van der Waals surface area contributed by atoms with Crippen LogP contribution in [0.2, 0.25) is 5.02 Å². The largest absolute Gasteiger partial charge is 0.205 e. The second-order valence-corrected chi connectivity index (χ2v) is 3.12. The summed E-state index contributed by atoms with van der Waals surface area (Å²) in [4.78, 5) is 0. The van der Waals surface area contributed by atoms with E-state index in [-0.39, 0.29) is 10.8 Å². The minimum Gasteiger partial charge on any atom is -0.205 e. The fourth-order valence-corrected chi connectivity index (χ4v) is 1.20. The smallest absolute Gasteiger partial charge is 0.142 e. The van der Waals surface area contributed by atoms with Gasteiger partial charge >= 0.3 is 0 Å². The molecule has 0 aliphatic rings. The lowest BCUT2D eigenvalue weighted by molar-refractivity contribution is 0.625. The molecule has 0 aliphatic heterocycles. The zero-order chi connectivity index (χ0) is 8.59. The van der Waals surface area contributed by atoms with Crippen molar-refractivity contribution in [3.63, 3.8) is 0 Å². The molecule has 0 saturated heterocycles. The van der Waals surface area contributed by atoms with Crippen molar-refractivity contribution >= 4 is 11.6 Å². The van der Waals surface area contributed by atoms with Crippen LogP contribution in [-0.4, -0.2) is 0 Å². The summed E-state index contributed by atoms with van der Waals surface area (Å²) in [6, 6.07) is 1.46. The van der Waals surface area contributed by atoms with Crippen LogP contribution in [0.4, 0.5) is 4.39 Å². The average Bonchev–Trinajstić information content (AvgIpc) is 1.97. The summed E-state index contributed by atoms with van der Waals surface area (Å²) >= 11 is 5.68. The summed E-state index contributed by atoms with van der Waals surface area (Å²) < 4.78 is 12.9. The van der Waals surface area contributed by atoms with Crippen molar-refractivity contribution in [2.75, 3.05) is 0 Å². The van der Waals surface area contributed by atoms with Crippen molar-refractivity contribution in [2.24, 2.45) is 0 Å². The van der Waals surface area contributed by atoms with E-state index in [9.17, 15) is 4.39 Å². The summed E-state index contributed by atoms with van der Waals surface area (Å²) in [6.45, 7) is 5.64. The third-order valence-corrected chi connectivity index (χ3v) is 2.50. The van der Waals surface area contributed by atoms with Crippen molar-refractivity contribution < 1.29 is 4.39 Å². The highest BCUT2D eigenvalue weighted by Gasteiger charge is 2.07. The van der Waals surface area contributed by atoms with Gasteiger partial charge in [-0.25, -0.2) is 4.39 Å². The molecule has 0 N–H and O–H groups in total. The van der Waals surface area contributed by atoms with E-state index in [0.717, 1.165) is 16.7 Å². The Hall–Kier alpha value is -0.560. The predicted octanol–water partition coefficient (Wildman–Crippen LogP) is 3.40. The molecule has 0 saturated carbocycles. The van der Waals surface area contributed by atoms with Crippen molar-refractivity contribution in [1.82, 2.24) is 0 Å². The quantitative estimate of drug-likeness (QED) is 0.563. The third-order valence-electron chi connectivity index (χ3n) is 2.04. The molecular formula is C9H10ClF. The molecule has 0 bridgehead atoms. The second kappa shape index (κ2) is 2.82. The molecule has 60 valence electrons. The summed E-state index contributed by atoms with van der Waals surface area (Å²) in [5.74, 6) is -0.327. The van der Waals surface area contributed by atoms with Gasteiger partial charge in [0, 0.05) is 0 Å². The molecule has 11 heavy (non-hydrogen) atoms. The van der Waals surface area contributed by atoms with Gasteiger partial charge in [0.05, 0.1) is 5.02 Å². The first-order valence-electron chi connectivity index (χ1n) is 3.46. The van der Waals surface area contributed by atoms with Crippen molar-refractivity contribution in [2.45, 2.75) is 20.8 Å². The minimum atomic E-state index is -0.327. The van der Waals surface area contributed by atoms with Crippen LogP contribution in [0.5, 0.6) is 0 Å². The molecule has 0 fully saturated rings. The van der Waals surface area contributed by atoms with Gasteiger partial charge in [0.1, 0.15) is 5.82 Å². The molecule has 0 atom stereocenters. The van der Waals surface area contributed by atoms with E-state index >= 15 is 0 Å².